The van der Waals surface area contributed by atoms with Crippen LogP contribution < -0.4 is 0 Å². The molecule has 1 aliphatic carbocycles. The Labute approximate surface area is 121 Å². The molecule has 18 heavy (non-hydrogen) atoms. The maximum absolute atomic E-state index is 3.63. The largest absolute Gasteiger partial charge is 0.291 e. The van der Waals surface area contributed by atoms with Gasteiger partial charge in [0.1, 0.15) is 0 Å². The highest BCUT2D eigenvalue weighted by molar-refractivity contribution is 9.10. The minimum atomic E-state index is 0.791. The zero-order valence-corrected chi connectivity index (χ0v) is 12.6. The number of rotatable bonds is 5. The Hall–Kier alpha value is -0.640. The maximum atomic E-state index is 3.63. The fourth-order valence-electron chi connectivity index (χ4n) is 2.19. The minimum absolute atomic E-state index is 0.791. The van der Waals surface area contributed by atoms with Crippen LogP contribution in [0.15, 0.2) is 46.3 Å². The molecule has 0 unspecified atom stereocenters. The molecule has 0 amide bonds. The quantitative estimate of drug-likeness (QED) is 0.773. The summed E-state index contributed by atoms with van der Waals surface area (Å²) in [5.41, 5.74) is 1.41. The molecule has 0 spiro atoms. The van der Waals surface area contributed by atoms with Gasteiger partial charge < -0.3 is 0 Å². The number of halogens is 1. The number of hydrogen-bond acceptors (Lipinski definition) is 2. The maximum Gasteiger partial charge on any atom is 0.0345 e. The minimum Gasteiger partial charge on any atom is -0.291 e. The molecular weight excluding hydrogens is 306 g/mol. The van der Waals surface area contributed by atoms with Gasteiger partial charge in [0.25, 0.3) is 0 Å². The summed E-state index contributed by atoms with van der Waals surface area (Å²) in [4.78, 5) is 4.05. The van der Waals surface area contributed by atoms with Gasteiger partial charge in [0, 0.05) is 28.5 Å². The van der Waals surface area contributed by atoms with Gasteiger partial charge in [0.05, 0.1) is 0 Å². The second kappa shape index (κ2) is 5.55. The molecule has 1 heterocycles. The van der Waals surface area contributed by atoms with Gasteiger partial charge in [-0.2, -0.15) is 0 Å². The molecule has 0 radical (unpaired) electrons. The fraction of sp³-hybridized carbons (Fsp3) is 0.333. The topological polar surface area (TPSA) is 3.24 Å². The van der Waals surface area contributed by atoms with Gasteiger partial charge in [-0.1, -0.05) is 30.3 Å². The van der Waals surface area contributed by atoms with Crippen molar-refractivity contribution in [2.45, 2.75) is 32.0 Å². The first-order valence-corrected chi connectivity index (χ1v) is 8.00. The lowest BCUT2D eigenvalue weighted by Crippen LogP contribution is -2.24. The summed E-state index contributed by atoms with van der Waals surface area (Å²) in [6, 6.07) is 13.7. The predicted molar refractivity (Wildman–Crippen MR) is 80.7 cm³/mol. The molecule has 1 nitrogen and oxygen atoms in total. The van der Waals surface area contributed by atoms with Crippen molar-refractivity contribution in [2.75, 3.05) is 0 Å². The lowest BCUT2D eigenvalue weighted by atomic mass is 10.2. The van der Waals surface area contributed by atoms with Crippen molar-refractivity contribution in [3.63, 3.8) is 0 Å². The van der Waals surface area contributed by atoms with Crippen LogP contribution >= 0.6 is 27.3 Å². The average molecular weight is 322 g/mol. The Morgan fingerprint density at radius 1 is 1.11 bits per heavy atom. The van der Waals surface area contributed by atoms with Crippen LogP contribution in [0.3, 0.4) is 0 Å². The van der Waals surface area contributed by atoms with E-state index in [-0.39, 0.29) is 0 Å². The van der Waals surface area contributed by atoms with E-state index in [2.05, 4.69) is 62.6 Å². The van der Waals surface area contributed by atoms with Gasteiger partial charge in [0.15, 0.2) is 0 Å². The van der Waals surface area contributed by atoms with E-state index in [1.165, 1.54) is 27.8 Å². The molecular formula is C15H16BrNS. The van der Waals surface area contributed by atoms with E-state index in [1.807, 2.05) is 11.3 Å². The van der Waals surface area contributed by atoms with Crippen molar-refractivity contribution >= 4 is 27.3 Å². The van der Waals surface area contributed by atoms with Crippen LogP contribution in [-0.4, -0.2) is 10.9 Å². The molecule has 1 aromatic heterocycles. The lowest BCUT2D eigenvalue weighted by Gasteiger charge is -2.21. The van der Waals surface area contributed by atoms with E-state index in [0.29, 0.717) is 0 Å². The van der Waals surface area contributed by atoms with E-state index in [1.54, 1.807) is 0 Å². The average Bonchev–Trinajstić information content (AvgIpc) is 3.16. The first-order valence-electron chi connectivity index (χ1n) is 6.33. The molecule has 0 aliphatic heterocycles. The summed E-state index contributed by atoms with van der Waals surface area (Å²) in [5.74, 6) is 0. The van der Waals surface area contributed by atoms with Crippen LogP contribution in [-0.2, 0) is 13.1 Å². The molecule has 1 aromatic carbocycles. The standard InChI is InChI=1S/C15H16BrNS/c16-14-8-9-18-15(14)11-17(13-6-7-13)10-12-4-2-1-3-5-12/h1-5,8-9,13H,6-7,10-11H2. The molecule has 3 rings (SSSR count). The summed E-state index contributed by atoms with van der Waals surface area (Å²) >= 11 is 5.48. The molecule has 0 saturated heterocycles. The van der Waals surface area contributed by atoms with Crippen LogP contribution in [0.5, 0.6) is 0 Å². The van der Waals surface area contributed by atoms with E-state index >= 15 is 0 Å². The number of thiophene rings is 1. The van der Waals surface area contributed by atoms with Crippen molar-refractivity contribution in [2.24, 2.45) is 0 Å². The Bertz CT molecular complexity index is 504. The molecule has 1 saturated carbocycles. The summed E-state index contributed by atoms with van der Waals surface area (Å²) < 4.78 is 1.26. The highest BCUT2D eigenvalue weighted by Gasteiger charge is 2.29. The van der Waals surface area contributed by atoms with Gasteiger partial charge in [-0.15, -0.1) is 11.3 Å². The highest BCUT2D eigenvalue weighted by Crippen LogP contribution is 2.32. The van der Waals surface area contributed by atoms with Crippen LogP contribution in [0.2, 0.25) is 0 Å². The van der Waals surface area contributed by atoms with E-state index in [0.717, 1.165) is 19.1 Å². The van der Waals surface area contributed by atoms with Gasteiger partial charge in [-0.05, 0) is 45.8 Å². The zero-order chi connectivity index (χ0) is 12.4. The van der Waals surface area contributed by atoms with Crippen LogP contribution in [0, 0.1) is 0 Å². The molecule has 3 heteroatoms. The summed E-state index contributed by atoms with van der Waals surface area (Å²) in [6.45, 7) is 2.13. The van der Waals surface area contributed by atoms with E-state index < -0.39 is 0 Å². The number of hydrogen-bond donors (Lipinski definition) is 0. The Balaban J connectivity index is 1.71. The van der Waals surface area contributed by atoms with Crippen LogP contribution in [0.25, 0.3) is 0 Å². The Kier molecular flexibility index (Phi) is 3.83. The summed E-state index contributed by atoms with van der Waals surface area (Å²) in [7, 11) is 0. The molecule has 0 bridgehead atoms. The smallest absolute Gasteiger partial charge is 0.0345 e. The third kappa shape index (κ3) is 3.02. The Morgan fingerprint density at radius 2 is 1.89 bits per heavy atom. The van der Waals surface area contributed by atoms with Crippen molar-refractivity contribution in [3.05, 3.63) is 56.7 Å². The first kappa shape index (κ1) is 12.4. The third-order valence-corrected chi connectivity index (χ3v) is 5.24. The summed E-state index contributed by atoms with van der Waals surface area (Å²) in [6.07, 6.45) is 2.71. The van der Waals surface area contributed by atoms with Crippen LogP contribution in [0.4, 0.5) is 0 Å². The Morgan fingerprint density at radius 3 is 2.50 bits per heavy atom. The monoisotopic (exact) mass is 321 g/mol. The molecule has 2 aromatic rings. The normalized spacial score (nSPS) is 15.2. The fourth-order valence-corrected chi connectivity index (χ4v) is 3.70. The van der Waals surface area contributed by atoms with E-state index in [4.69, 9.17) is 0 Å². The second-order valence-electron chi connectivity index (χ2n) is 4.81. The van der Waals surface area contributed by atoms with E-state index in [9.17, 15) is 0 Å². The van der Waals surface area contributed by atoms with Crippen molar-refractivity contribution in [1.82, 2.24) is 4.90 Å². The van der Waals surface area contributed by atoms with Crippen molar-refractivity contribution < 1.29 is 0 Å². The van der Waals surface area contributed by atoms with Crippen molar-refractivity contribution in [3.8, 4) is 0 Å². The highest BCUT2D eigenvalue weighted by atomic mass is 79.9. The van der Waals surface area contributed by atoms with Gasteiger partial charge in [-0.3, -0.25) is 4.90 Å². The van der Waals surface area contributed by atoms with Gasteiger partial charge >= 0.3 is 0 Å². The molecule has 94 valence electrons. The second-order valence-corrected chi connectivity index (χ2v) is 6.67. The third-order valence-electron chi connectivity index (χ3n) is 3.33. The lowest BCUT2D eigenvalue weighted by molar-refractivity contribution is 0.247. The summed E-state index contributed by atoms with van der Waals surface area (Å²) in [5, 5.41) is 2.16. The molecule has 1 aliphatic rings. The number of nitrogens with zero attached hydrogens (tertiary/aromatic N) is 1. The number of benzene rings is 1. The van der Waals surface area contributed by atoms with Crippen molar-refractivity contribution in [1.29, 1.82) is 0 Å². The molecule has 1 fully saturated rings. The van der Waals surface area contributed by atoms with Gasteiger partial charge in [0.2, 0.25) is 0 Å². The molecule has 0 N–H and O–H groups in total. The van der Waals surface area contributed by atoms with Crippen LogP contribution in [0.1, 0.15) is 23.3 Å². The molecule has 0 atom stereocenters. The zero-order valence-electron chi connectivity index (χ0n) is 10.2. The predicted octanol–water partition coefficient (Wildman–Crippen LogP) is 4.68. The van der Waals surface area contributed by atoms with Gasteiger partial charge in [-0.25, -0.2) is 0 Å². The SMILES string of the molecule is Brc1ccsc1CN(Cc1ccccc1)C1CC1. The first-order chi connectivity index (χ1) is 8.83.